The van der Waals surface area contributed by atoms with Crippen molar-refractivity contribution in [3.63, 3.8) is 0 Å². The summed E-state index contributed by atoms with van der Waals surface area (Å²) in [7, 11) is 2.88. The Labute approximate surface area is 186 Å². The molecule has 0 bridgehead atoms. The first-order chi connectivity index (χ1) is 15.5. The third kappa shape index (κ3) is 5.64. The molecule has 3 aromatic rings. The molecule has 0 radical (unpaired) electrons. The lowest BCUT2D eigenvalue weighted by atomic mass is 10.1. The molecule has 0 unspecified atom stereocenters. The number of methoxy groups -OCH3 is 2. The molecule has 0 aromatic heterocycles. The van der Waals surface area contributed by atoms with E-state index in [1.54, 1.807) is 30.3 Å². The number of carbonyl (C=O) groups is 1. The van der Waals surface area contributed by atoms with Gasteiger partial charge in [-0.05, 0) is 48.9 Å². The highest BCUT2D eigenvalue weighted by molar-refractivity contribution is 5.94. The van der Waals surface area contributed by atoms with Crippen molar-refractivity contribution in [2.75, 3.05) is 20.8 Å². The first kappa shape index (κ1) is 22.4. The summed E-state index contributed by atoms with van der Waals surface area (Å²) in [4.78, 5) is 23.4. The van der Waals surface area contributed by atoms with Crippen molar-refractivity contribution in [1.82, 2.24) is 5.32 Å². The van der Waals surface area contributed by atoms with E-state index < -0.39 is 4.92 Å². The average molecular weight is 430 g/mol. The summed E-state index contributed by atoms with van der Waals surface area (Å²) in [6, 6.07) is 19.5. The van der Waals surface area contributed by atoms with Crippen molar-refractivity contribution in [2.45, 2.75) is 6.42 Å². The van der Waals surface area contributed by atoms with Crippen LogP contribution in [0.1, 0.15) is 27.0 Å². The van der Waals surface area contributed by atoms with Crippen LogP contribution in [0.4, 0.5) is 5.69 Å². The Balaban J connectivity index is 1.63. The standard InChI is InChI=1S/C25H22N2O5/c1-31-23-16-21(22(27(29)30)17-24(23)32-2)14-15-26-25(28)20-12-10-19(11-13-20)9-8-18-6-4-3-5-7-18/h3-7,10-13,16-17H,14-15H2,1-2H3,(H,26,28). The Morgan fingerprint density at radius 3 is 2.12 bits per heavy atom. The zero-order valence-electron chi connectivity index (χ0n) is 17.8. The zero-order valence-corrected chi connectivity index (χ0v) is 17.8. The third-order valence-corrected chi connectivity index (χ3v) is 4.73. The highest BCUT2D eigenvalue weighted by atomic mass is 16.6. The van der Waals surface area contributed by atoms with E-state index in [0.29, 0.717) is 16.9 Å². The van der Waals surface area contributed by atoms with E-state index in [-0.39, 0.29) is 30.3 Å². The number of nitrogens with one attached hydrogen (secondary N) is 1. The molecule has 162 valence electrons. The normalized spacial score (nSPS) is 9.94. The maximum absolute atomic E-state index is 12.4. The summed E-state index contributed by atoms with van der Waals surface area (Å²) in [5.74, 6) is 6.54. The number of hydrogen-bond acceptors (Lipinski definition) is 5. The summed E-state index contributed by atoms with van der Waals surface area (Å²) in [6.07, 6.45) is 0.267. The van der Waals surface area contributed by atoms with Crippen LogP contribution in [0.3, 0.4) is 0 Å². The van der Waals surface area contributed by atoms with Crippen LogP contribution in [0.15, 0.2) is 66.7 Å². The van der Waals surface area contributed by atoms with Gasteiger partial charge in [-0.25, -0.2) is 0 Å². The van der Waals surface area contributed by atoms with Gasteiger partial charge in [0.05, 0.1) is 25.2 Å². The van der Waals surface area contributed by atoms with Crippen LogP contribution in [0.25, 0.3) is 0 Å². The zero-order chi connectivity index (χ0) is 22.9. The molecule has 0 heterocycles. The van der Waals surface area contributed by atoms with Gasteiger partial charge in [-0.1, -0.05) is 30.0 Å². The fourth-order valence-electron chi connectivity index (χ4n) is 3.06. The van der Waals surface area contributed by atoms with E-state index in [4.69, 9.17) is 9.47 Å². The molecule has 0 saturated carbocycles. The number of nitrogens with zero attached hydrogens (tertiary/aromatic N) is 1. The van der Waals surface area contributed by atoms with Crippen LogP contribution in [-0.4, -0.2) is 31.6 Å². The number of nitro groups is 1. The van der Waals surface area contributed by atoms with Crippen molar-refractivity contribution < 1.29 is 19.2 Å². The third-order valence-electron chi connectivity index (χ3n) is 4.73. The molecule has 3 aromatic carbocycles. The second kappa shape index (κ2) is 10.6. The van der Waals surface area contributed by atoms with Crippen LogP contribution in [0, 0.1) is 22.0 Å². The van der Waals surface area contributed by atoms with Crippen molar-refractivity contribution in [1.29, 1.82) is 0 Å². The number of rotatable bonds is 7. The van der Waals surface area contributed by atoms with E-state index in [2.05, 4.69) is 17.2 Å². The lowest BCUT2D eigenvalue weighted by Crippen LogP contribution is -2.25. The highest BCUT2D eigenvalue weighted by Crippen LogP contribution is 2.34. The molecule has 0 spiro atoms. The summed E-state index contributed by atoms with van der Waals surface area (Å²) >= 11 is 0. The molecular formula is C25H22N2O5. The van der Waals surface area contributed by atoms with Crippen LogP contribution < -0.4 is 14.8 Å². The number of amides is 1. The Morgan fingerprint density at radius 1 is 0.938 bits per heavy atom. The molecule has 0 atom stereocenters. The van der Waals surface area contributed by atoms with Gasteiger partial charge in [-0.15, -0.1) is 0 Å². The van der Waals surface area contributed by atoms with Gasteiger partial charge in [-0.2, -0.15) is 0 Å². The number of benzene rings is 3. The lowest BCUT2D eigenvalue weighted by molar-refractivity contribution is -0.385. The molecule has 3 rings (SSSR count). The lowest BCUT2D eigenvalue weighted by Gasteiger charge is -2.11. The second-order valence-electron chi connectivity index (χ2n) is 6.79. The van der Waals surface area contributed by atoms with Crippen molar-refractivity contribution >= 4 is 11.6 Å². The van der Waals surface area contributed by atoms with Gasteiger partial charge in [-0.3, -0.25) is 14.9 Å². The molecule has 7 nitrogen and oxygen atoms in total. The van der Waals surface area contributed by atoms with Crippen LogP contribution in [0.2, 0.25) is 0 Å². The fraction of sp³-hybridized carbons (Fsp3) is 0.160. The quantitative estimate of drug-likeness (QED) is 0.348. The minimum absolute atomic E-state index is 0.0850. The molecule has 0 aliphatic rings. The fourth-order valence-corrected chi connectivity index (χ4v) is 3.06. The van der Waals surface area contributed by atoms with Crippen molar-refractivity contribution in [2.24, 2.45) is 0 Å². The van der Waals surface area contributed by atoms with Gasteiger partial charge in [0.2, 0.25) is 0 Å². The number of carbonyl (C=O) groups excluding carboxylic acids is 1. The smallest absolute Gasteiger partial charge is 0.276 e. The molecule has 32 heavy (non-hydrogen) atoms. The van der Waals surface area contributed by atoms with Gasteiger partial charge in [0.25, 0.3) is 11.6 Å². The minimum Gasteiger partial charge on any atom is -0.493 e. The van der Waals surface area contributed by atoms with Crippen LogP contribution in [-0.2, 0) is 6.42 Å². The minimum atomic E-state index is -0.478. The molecule has 0 saturated heterocycles. The van der Waals surface area contributed by atoms with E-state index in [9.17, 15) is 14.9 Å². The number of hydrogen-bond donors (Lipinski definition) is 1. The first-order valence-corrected chi connectivity index (χ1v) is 9.86. The van der Waals surface area contributed by atoms with Gasteiger partial charge >= 0.3 is 0 Å². The van der Waals surface area contributed by atoms with Gasteiger partial charge in [0.1, 0.15) is 0 Å². The van der Waals surface area contributed by atoms with Crippen LogP contribution >= 0.6 is 0 Å². The topological polar surface area (TPSA) is 90.7 Å². The highest BCUT2D eigenvalue weighted by Gasteiger charge is 2.19. The maximum atomic E-state index is 12.4. The second-order valence-corrected chi connectivity index (χ2v) is 6.79. The largest absolute Gasteiger partial charge is 0.493 e. The van der Waals surface area contributed by atoms with E-state index in [0.717, 1.165) is 11.1 Å². The summed E-state index contributed by atoms with van der Waals surface area (Å²) in [5, 5.41) is 14.2. The van der Waals surface area contributed by atoms with Crippen molar-refractivity contribution in [3.05, 3.63) is 99.1 Å². The SMILES string of the molecule is COc1cc(CCNC(=O)c2ccc(C#Cc3ccccc3)cc2)c([N+](=O)[O-])cc1OC. The first-order valence-electron chi connectivity index (χ1n) is 9.86. The van der Waals surface area contributed by atoms with E-state index >= 15 is 0 Å². The predicted molar refractivity (Wildman–Crippen MR) is 121 cm³/mol. The summed E-state index contributed by atoms with van der Waals surface area (Å²) in [5.41, 5.74) is 2.56. The maximum Gasteiger partial charge on any atom is 0.276 e. The molecule has 1 N–H and O–H groups in total. The Bertz CT molecular complexity index is 1160. The predicted octanol–water partition coefficient (Wildman–Crippen LogP) is 3.98. The van der Waals surface area contributed by atoms with Crippen molar-refractivity contribution in [3.8, 4) is 23.3 Å². The average Bonchev–Trinajstić information content (AvgIpc) is 2.83. The Kier molecular flexibility index (Phi) is 7.44. The summed E-state index contributed by atoms with van der Waals surface area (Å²) in [6.45, 7) is 0.227. The number of ether oxygens (including phenoxy) is 2. The number of nitro benzene ring substituents is 1. The van der Waals surface area contributed by atoms with E-state index in [1.165, 1.54) is 20.3 Å². The Hall–Kier alpha value is -4.31. The molecule has 0 fully saturated rings. The molecule has 1 amide bonds. The van der Waals surface area contributed by atoms with Gasteiger partial charge in [0.15, 0.2) is 11.5 Å². The molecule has 0 aliphatic carbocycles. The van der Waals surface area contributed by atoms with E-state index in [1.807, 2.05) is 30.3 Å². The van der Waals surface area contributed by atoms with Crippen LogP contribution in [0.5, 0.6) is 11.5 Å². The van der Waals surface area contributed by atoms with Gasteiger partial charge in [0, 0.05) is 28.8 Å². The molecular weight excluding hydrogens is 408 g/mol. The Morgan fingerprint density at radius 2 is 1.53 bits per heavy atom. The monoisotopic (exact) mass is 430 g/mol. The molecule has 0 aliphatic heterocycles. The molecule has 7 heteroatoms. The van der Waals surface area contributed by atoms with Gasteiger partial charge < -0.3 is 14.8 Å². The summed E-state index contributed by atoms with van der Waals surface area (Å²) < 4.78 is 10.3.